The van der Waals surface area contributed by atoms with E-state index >= 15 is 0 Å². The minimum Gasteiger partial charge on any atom is -0.473 e. The number of thiophene rings is 1. The van der Waals surface area contributed by atoms with Crippen molar-refractivity contribution < 1.29 is 22.3 Å². The molecule has 11 heterocycles. The smallest absolute Gasteiger partial charge is 0.213 e. The molecular weight excluding hydrogens is 1320 g/mol. The molecule has 21 nitrogen and oxygen atoms in total. The van der Waals surface area contributed by atoms with Gasteiger partial charge in [0, 0.05) is 24.0 Å². The summed E-state index contributed by atoms with van der Waals surface area (Å²) in [5, 5.41) is 33.1. The van der Waals surface area contributed by atoms with E-state index in [0.29, 0.717) is 6.67 Å². The molecule has 0 saturated heterocycles. The fourth-order valence-electron chi connectivity index (χ4n) is 1.92. The van der Waals surface area contributed by atoms with Gasteiger partial charge in [0.15, 0.2) is 19.4 Å². The molecule has 0 saturated carbocycles. The molecule has 10 aromatic rings. The van der Waals surface area contributed by atoms with Gasteiger partial charge in [0.25, 0.3) is 0 Å². The molecule has 1 aliphatic heterocycles. The summed E-state index contributed by atoms with van der Waals surface area (Å²) >= 11 is 6.16. The summed E-state index contributed by atoms with van der Waals surface area (Å²) in [6.07, 6.45) is 25.8. The number of aromatic nitrogens is 13. The van der Waals surface area contributed by atoms with Crippen LogP contribution in [0.2, 0.25) is 0 Å². The molecular formula is C74H142N16O5S4. The van der Waals surface area contributed by atoms with Gasteiger partial charge in [-0.2, -0.15) is 20.8 Å². The van der Waals surface area contributed by atoms with Crippen LogP contribution in [0.5, 0.6) is 0 Å². The van der Waals surface area contributed by atoms with Crippen LogP contribution in [0, 0.1) is 65.1 Å². The fraction of sp³-hybridized carbons (Fsp3) is 0.608. The Kier molecular flexibility index (Phi) is 132. The molecule has 0 bridgehead atoms. The highest BCUT2D eigenvalue weighted by Crippen LogP contribution is 1.92. The van der Waals surface area contributed by atoms with E-state index in [4.69, 9.17) is 0 Å². The van der Waals surface area contributed by atoms with Gasteiger partial charge in [-0.1, -0.05) is 251 Å². The van der Waals surface area contributed by atoms with Crippen LogP contribution < -0.4 is 0 Å². The average Bonchev–Trinajstić information content (AvgIpc) is 4.48. The van der Waals surface area contributed by atoms with Crippen LogP contribution >= 0.6 is 45.5 Å². The molecule has 0 radical (unpaired) electrons. The Bertz CT molecular complexity index is 1700. The first-order valence-electron chi connectivity index (χ1n) is 33.5. The van der Waals surface area contributed by atoms with E-state index in [-0.39, 0.29) is 0 Å². The van der Waals surface area contributed by atoms with Crippen molar-refractivity contribution in [3.63, 3.8) is 0 Å². The molecule has 1 aliphatic rings. The molecule has 10 aromatic heterocycles. The number of rotatable bonds is 0. The number of thiazole rings is 1. The largest absolute Gasteiger partial charge is 0.473 e. The quantitative estimate of drug-likeness (QED) is 0.148. The summed E-state index contributed by atoms with van der Waals surface area (Å²) in [7, 11) is 0. The van der Waals surface area contributed by atoms with E-state index in [1.54, 1.807) is 101 Å². The Morgan fingerprint density at radius 3 is 0.919 bits per heavy atom. The van der Waals surface area contributed by atoms with Crippen molar-refractivity contribution in [2.24, 2.45) is 80.3 Å². The van der Waals surface area contributed by atoms with Crippen molar-refractivity contribution in [2.75, 3.05) is 6.67 Å². The number of hydrogen-bond acceptors (Lipinski definition) is 24. The van der Waals surface area contributed by atoms with Crippen molar-refractivity contribution in [3.05, 3.63) is 169 Å². The van der Waals surface area contributed by atoms with Crippen molar-refractivity contribution in [2.45, 2.75) is 228 Å². The molecule has 0 atom stereocenters. The van der Waals surface area contributed by atoms with Crippen LogP contribution in [-0.4, -0.2) is 78.0 Å². The molecule has 99 heavy (non-hydrogen) atoms. The minimum atomic E-state index is 0.528. The number of aromatic amines is 1. The van der Waals surface area contributed by atoms with E-state index in [1.807, 2.05) is 40.4 Å². The lowest BCUT2D eigenvalue weighted by molar-refractivity contribution is 0.416. The van der Waals surface area contributed by atoms with Gasteiger partial charge in [-0.3, -0.25) is 4.98 Å². The van der Waals surface area contributed by atoms with Gasteiger partial charge < -0.3 is 27.3 Å². The zero-order chi connectivity index (χ0) is 78.2. The summed E-state index contributed by atoms with van der Waals surface area (Å²) in [6.45, 7) is 72.0. The summed E-state index contributed by atoms with van der Waals surface area (Å²) in [4.78, 5) is 24.4. The molecule has 0 unspecified atom stereocenters. The molecule has 11 rings (SSSR count). The van der Waals surface area contributed by atoms with E-state index < -0.39 is 0 Å². The Morgan fingerprint density at radius 2 is 0.808 bits per heavy atom. The highest BCUT2D eigenvalue weighted by Gasteiger charge is 1.76. The first kappa shape index (κ1) is 116. The van der Waals surface area contributed by atoms with E-state index in [9.17, 15) is 0 Å². The Balaban J connectivity index is -0.0000000912. The maximum atomic E-state index is 4.58. The van der Waals surface area contributed by atoms with Gasteiger partial charge in [-0.15, -0.1) is 48.2 Å². The average molecular weight is 1460 g/mol. The van der Waals surface area contributed by atoms with Crippen LogP contribution in [0.15, 0.2) is 207 Å². The number of nitrogens with zero attached hydrogens (tertiary/aromatic N) is 15. The summed E-state index contributed by atoms with van der Waals surface area (Å²) in [5.41, 5.74) is 6.83. The summed E-state index contributed by atoms with van der Waals surface area (Å²) < 4.78 is 25.6. The van der Waals surface area contributed by atoms with Crippen LogP contribution in [0.25, 0.3) is 0 Å². The predicted molar refractivity (Wildman–Crippen MR) is 429 cm³/mol. The lowest BCUT2D eigenvalue weighted by Gasteiger charge is -1.79. The van der Waals surface area contributed by atoms with Gasteiger partial charge in [-0.05, 0) is 106 Å². The monoisotopic (exact) mass is 1460 g/mol. The molecule has 25 heteroatoms. The third kappa shape index (κ3) is 313. The molecule has 572 valence electrons. The number of aliphatic imine (C=N–C) groups is 1. The summed E-state index contributed by atoms with van der Waals surface area (Å²) in [5.74, 6) is 9.17. The third-order valence-electron chi connectivity index (χ3n) is 3.79. The number of nitrogens with one attached hydrogen (secondary N) is 1. The number of H-pyrrole nitrogens is 1. The number of imidazole rings is 1. The Labute approximate surface area is 620 Å². The normalized spacial score (nSPS) is 8.93. The molecule has 0 fully saturated rings. The first-order valence-corrected chi connectivity index (χ1v) is 37.2. The predicted octanol–water partition coefficient (Wildman–Crippen LogP) is 25.9. The van der Waals surface area contributed by atoms with Crippen molar-refractivity contribution in [1.82, 2.24) is 65.0 Å². The van der Waals surface area contributed by atoms with E-state index in [2.05, 4.69) is 331 Å². The molecule has 0 amide bonds. The highest BCUT2D eigenvalue weighted by molar-refractivity contribution is 7.08. The topological polar surface area (TPSA) is 273 Å². The molecule has 0 aliphatic carbocycles. The van der Waals surface area contributed by atoms with E-state index in [0.717, 1.165) is 65.1 Å². The Morgan fingerprint density at radius 1 is 0.333 bits per heavy atom. The maximum Gasteiger partial charge on any atom is 0.213 e. The summed E-state index contributed by atoms with van der Waals surface area (Å²) in [6, 6.07) is 9.43. The Hall–Kier alpha value is -7.09. The SMILES string of the molecule is C1=NCN=N1.CC(C)C.CC(C)C.CC(C)C.CC(C)C.CC(C)C.CC(C)C.CC(C)C.CC(C)C.CC(C)C.CC(C)C.CC(C)C.c1c[nH]cn1.c1ccoc1.c1ccsc1.c1cnoc1.c1cocn1.c1cscn1.c1ncon1.c1ncsn1.c1nnco1.c1nncs1. The lowest BCUT2D eigenvalue weighted by atomic mass is 10.3. The van der Waals surface area contributed by atoms with Gasteiger partial charge >= 0.3 is 0 Å². The molecule has 0 spiro atoms. The van der Waals surface area contributed by atoms with Crippen molar-refractivity contribution in [1.29, 1.82) is 0 Å². The number of hydrogen-bond donors (Lipinski definition) is 1. The van der Waals surface area contributed by atoms with Gasteiger partial charge in [-0.25, -0.2) is 24.9 Å². The number of furan rings is 1. The van der Waals surface area contributed by atoms with Gasteiger partial charge in [0.05, 0.1) is 36.8 Å². The number of azo groups is 1. The van der Waals surface area contributed by atoms with E-state index in [1.165, 1.54) is 80.0 Å². The zero-order valence-corrected chi connectivity index (χ0v) is 70.9. The minimum absolute atomic E-state index is 0.528. The fourth-order valence-corrected chi connectivity index (χ4v) is 3.27. The third-order valence-corrected chi connectivity index (χ3v) is 5.80. The second-order valence-corrected chi connectivity index (χ2v) is 29.4. The highest BCUT2D eigenvalue weighted by atomic mass is 32.1. The molecule has 0 aromatic carbocycles. The van der Waals surface area contributed by atoms with Crippen molar-refractivity contribution >= 4 is 51.9 Å². The van der Waals surface area contributed by atoms with Crippen LogP contribution in [0.4, 0.5) is 0 Å². The maximum absolute atomic E-state index is 4.58. The van der Waals surface area contributed by atoms with Crippen molar-refractivity contribution in [3.8, 4) is 0 Å². The molecule has 1 N–H and O–H groups in total. The lowest BCUT2D eigenvalue weighted by Crippen LogP contribution is -1.66. The standard InChI is InChI=1S/C4H4O.C4H4S.11C4H10.C3H4N2.2C3H3NO.C3H3NS.C2H3N3.2C2H2N2O.2C2H2N2S/c2*1-2-4-5-3-1;11*1-4(2)3;2*1-2-5-3-4-1;1-2-4-5-3-1;1-2-5-3-4-1;1-3-2-5-4-1;1-3-4-2-5-1;1-3-2-5-4-1;1-3-4-2-5-1;1-3-2-5-4-1/h2*1-4H;11*4H,1-3H3;1-3H,(H,4,5);3*1-3H;1H,2H2;4*1-2H. The van der Waals surface area contributed by atoms with Crippen LogP contribution in [0.3, 0.4) is 0 Å². The van der Waals surface area contributed by atoms with Gasteiger partial charge in [0.1, 0.15) is 41.7 Å². The van der Waals surface area contributed by atoms with Crippen LogP contribution in [0.1, 0.15) is 228 Å². The first-order chi connectivity index (χ1) is 46.6. The number of oxazole rings is 1. The second kappa shape index (κ2) is 112. The van der Waals surface area contributed by atoms with Gasteiger partial charge in [0.2, 0.25) is 19.2 Å². The second-order valence-electron chi connectivity index (χ2n) is 26.5. The zero-order valence-electron chi connectivity index (χ0n) is 67.7. The van der Waals surface area contributed by atoms with Crippen LogP contribution in [-0.2, 0) is 0 Å².